The standard InChI is InChI=1S/C16H23NO3/c1-11(2)8-12(6-7-17)16-14(19-4)9-13(18-3)10-15(16)20-5/h9-12H,6,8H2,1-5H3/t12-/m0/s1. The number of benzene rings is 1. The third-order valence-corrected chi connectivity index (χ3v) is 3.26. The zero-order valence-corrected chi connectivity index (χ0v) is 12.9. The van der Waals surface area contributed by atoms with Crippen LogP contribution in [0.3, 0.4) is 0 Å². The summed E-state index contributed by atoms with van der Waals surface area (Å²) in [4.78, 5) is 0. The minimum atomic E-state index is 0.0933. The van der Waals surface area contributed by atoms with Crippen LogP contribution in [-0.2, 0) is 0 Å². The molecule has 4 heteroatoms. The van der Waals surface area contributed by atoms with Crippen LogP contribution in [0.1, 0.15) is 38.2 Å². The second kappa shape index (κ2) is 7.64. The summed E-state index contributed by atoms with van der Waals surface area (Å²) in [5, 5.41) is 9.08. The number of methoxy groups -OCH3 is 3. The number of nitriles is 1. The Morgan fingerprint density at radius 3 is 1.95 bits per heavy atom. The Hall–Kier alpha value is -1.89. The van der Waals surface area contributed by atoms with Crippen LogP contribution in [0.25, 0.3) is 0 Å². The maximum Gasteiger partial charge on any atom is 0.129 e. The van der Waals surface area contributed by atoms with Crippen molar-refractivity contribution in [1.29, 1.82) is 5.26 Å². The Morgan fingerprint density at radius 2 is 1.60 bits per heavy atom. The summed E-state index contributed by atoms with van der Waals surface area (Å²) >= 11 is 0. The van der Waals surface area contributed by atoms with E-state index >= 15 is 0 Å². The predicted octanol–water partition coefficient (Wildman–Crippen LogP) is 3.76. The van der Waals surface area contributed by atoms with Crippen molar-refractivity contribution in [2.24, 2.45) is 5.92 Å². The fourth-order valence-corrected chi connectivity index (χ4v) is 2.42. The maximum absolute atomic E-state index is 9.08. The molecule has 0 bridgehead atoms. The van der Waals surface area contributed by atoms with Crippen LogP contribution in [0, 0.1) is 17.2 Å². The molecule has 0 heterocycles. The largest absolute Gasteiger partial charge is 0.496 e. The van der Waals surface area contributed by atoms with Gasteiger partial charge in [0, 0.05) is 30.0 Å². The molecule has 4 nitrogen and oxygen atoms in total. The zero-order chi connectivity index (χ0) is 15.1. The molecule has 0 fully saturated rings. The third kappa shape index (κ3) is 3.80. The van der Waals surface area contributed by atoms with E-state index in [0.29, 0.717) is 29.6 Å². The lowest BCUT2D eigenvalue weighted by atomic mass is 9.87. The van der Waals surface area contributed by atoms with Gasteiger partial charge < -0.3 is 14.2 Å². The van der Waals surface area contributed by atoms with Crippen molar-refractivity contribution in [3.63, 3.8) is 0 Å². The molecule has 0 N–H and O–H groups in total. The van der Waals surface area contributed by atoms with Crippen molar-refractivity contribution >= 4 is 0 Å². The van der Waals surface area contributed by atoms with E-state index in [1.165, 1.54) is 0 Å². The molecule has 0 aliphatic heterocycles. The van der Waals surface area contributed by atoms with Crippen molar-refractivity contribution in [2.45, 2.75) is 32.6 Å². The van der Waals surface area contributed by atoms with E-state index in [-0.39, 0.29) is 5.92 Å². The Bertz CT molecular complexity index is 452. The van der Waals surface area contributed by atoms with E-state index < -0.39 is 0 Å². The molecule has 1 rings (SSSR count). The first kappa shape index (κ1) is 16.2. The number of hydrogen-bond donors (Lipinski definition) is 0. The van der Waals surface area contributed by atoms with Gasteiger partial charge in [0.1, 0.15) is 17.2 Å². The lowest BCUT2D eigenvalue weighted by Gasteiger charge is -2.22. The summed E-state index contributed by atoms with van der Waals surface area (Å²) in [5.74, 6) is 2.69. The highest BCUT2D eigenvalue weighted by molar-refractivity contribution is 5.52. The Labute approximate surface area is 121 Å². The first-order chi connectivity index (χ1) is 9.57. The number of nitrogens with zero attached hydrogens (tertiary/aromatic N) is 1. The molecule has 110 valence electrons. The molecule has 1 aromatic rings. The number of rotatable bonds is 7. The molecule has 0 saturated carbocycles. The first-order valence-corrected chi connectivity index (χ1v) is 6.74. The predicted molar refractivity (Wildman–Crippen MR) is 78.5 cm³/mol. The van der Waals surface area contributed by atoms with Crippen LogP contribution in [0.2, 0.25) is 0 Å². The molecule has 0 aromatic heterocycles. The summed E-state index contributed by atoms with van der Waals surface area (Å²) in [6.45, 7) is 4.29. The van der Waals surface area contributed by atoms with Crippen molar-refractivity contribution in [1.82, 2.24) is 0 Å². The monoisotopic (exact) mass is 277 g/mol. The van der Waals surface area contributed by atoms with Crippen LogP contribution in [0.5, 0.6) is 17.2 Å². The van der Waals surface area contributed by atoms with Gasteiger partial charge in [-0.15, -0.1) is 0 Å². The molecule has 0 amide bonds. The van der Waals surface area contributed by atoms with E-state index in [2.05, 4.69) is 19.9 Å². The molecule has 0 radical (unpaired) electrons. The van der Waals surface area contributed by atoms with Crippen LogP contribution >= 0.6 is 0 Å². The summed E-state index contributed by atoms with van der Waals surface area (Å²) in [7, 11) is 4.85. The molecule has 0 saturated heterocycles. The average molecular weight is 277 g/mol. The average Bonchev–Trinajstić information content (AvgIpc) is 2.44. The van der Waals surface area contributed by atoms with Gasteiger partial charge in [-0.1, -0.05) is 13.8 Å². The van der Waals surface area contributed by atoms with Gasteiger partial charge in [0.25, 0.3) is 0 Å². The smallest absolute Gasteiger partial charge is 0.129 e. The topological polar surface area (TPSA) is 51.5 Å². The summed E-state index contributed by atoms with van der Waals surface area (Å²) < 4.78 is 16.2. The van der Waals surface area contributed by atoms with Crippen molar-refractivity contribution in [3.8, 4) is 23.3 Å². The Kier molecular flexibility index (Phi) is 6.17. The van der Waals surface area contributed by atoms with Gasteiger partial charge in [-0.3, -0.25) is 0 Å². The zero-order valence-electron chi connectivity index (χ0n) is 12.9. The normalized spacial score (nSPS) is 11.8. The molecule has 1 atom stereocenters. The van der Waals surface area contributed by atoms with Gasteiger partial charge in [0.2, 0.25) is 0 Å². The van der Waals surface area contributed by atoms with Crippen molar-refractivity contribution in [3.05, 3.63) is 17.7 Å². The molecular weight excluding hydrogens is 254 g/mol. The molecule has 0 unspecified atom stereocenters. The van der Waals surface area contributed by atoms with Gasteiger partial charge in [0.15, 0.2) is 0 Å². The van der Waals surface area contributed by atoms with Gasteiger partial charge >= 0.3 is 0 Å². The lowest BCUT2D eigenvalue weighted by Crippen LogP contribution is -2.07. The van der Waals surface area contributed by atoms with E-state index in [9.17, 15) is 0 Å². The SMILES string of the molecule is COc1cc(OC)c([C@@H](CC#N)CC(C)C)c(OC)c1. The molecule has 0 spiro atoms. The van der Waals surface area contributed by atoms with Gasteiger partial charge in [-0.2, -0.15) is 5.26 Å². The van der Waals surface area contributed by atoms with Crippen LogP contribution < -0.4 is 14.2 Å². The molecular formula is C16H23NO3. The minimum Gasteiger partial charge on any atom is -0.496 e. The maximum atomic E-state index is 9.08. The van der Waals surface area contributed by atoms with Gasteiger partial charge in [-0.05, 0) is 12.3 Å². The highest BCUT2D eigenvalue weighted by Crippen LogP contribution is 2.42. The Morgan fingerprint density at radius 1 is 1.05 bits per heavy atom. The molecule has 0 aliphatic rings. The fourth-order valence-electron chi connectivity index (χ4n) is 2.42. The fraction of sp³-hybridized carbons (Fsp3) is 0.562. The third-order valence-electron chi connectivity index (χ3n) is 3.26. The van der Waals surface area contributed by atoms with Crippen molar-refractivity contribution in [2.75, 3.05) is 21.3 Å². The second-order valence-electron chi connectivity index (χ2n) is 5.13. The second-order valence-corrected chi connectivity index (χ2v) is 5.13. The van der Waals surface area contributed by atoms with E-state index in [1.807, 2.05) is 12.1 Å². The summed E-state index contributed by atoms with van der Waals surface area (Å²) in [6.07, 6.45) is 1.35. The quantitative estimate of drug-likeness (QED) is 0.761. The molecule has 1 aromatic carbocycles. The van der Waals surface area contributed by atoms with Gasteiger partial charge in [-0.25, -0.2) is 0 Å². The summed E-state index contributed by atoms with van der Waals surface area (Å²) in [5.41, 5.74) is 0.950. The summed E-state index contributed by atoms with van der Waals surface area (Å²) in [6, 6.07) is 5.93. The van der Waals surface area contributed by atoms with Crippen molar-refractivity contribution < 1.29 is 14.2 Å². The highest BCUT2D eigenvalue weighted by Gasteiger charge is 2.23. The van der Waals surface area contributed by atoms with Gasteiger partial charge in [0.05, 0.1) is 27.4 Å². The first-order valence-electron chi connectivity index (χ1n) is 6.74. The van der Waals surface area contributed by atoms with Crippen LogP contribution in [-0.4, -0.2) is 21.3 Å². The Balaban J connectivity index is 3.33. The number of hydrogen-bond acceptors (Lipinski definition) is 4. The molecule has 0 aliphatic carbocycles. The highest BCUT2D eigenvalue weighted by atomic mass is 16.5. The van der Waals surface area contributed by atoms with E-state index in [1.54, 1.807) is 21.3 Å². The van der Waals surface area contributed by atoms with E-state index in [4.69, 9.17) is 19.5 Å². The van der Waals surface area contributed by atoms with Crippen LogP contribution in [0.15, 0.2) is 12.1 Å². The van der Waals surface area contributed by atoms with Crippen LogP contribution in [0.4, 0.5) is 0 Å². The lowest BCUT2D eigenvalue weighted by molar-refractivity contribution is 0.358. The van der Waals surface area contributed by atoms with E-state index in [0.717, 1.165) is 12.0 Å². The minimum absolute atomic E-state index is 0.0933. The molecule has 20 heavy (non-hydrogen) atoms. The number of ether oxygens (including phenoxy) is 3.